The predicted molar refractivity (Wildman–Crippen MR) is 83.7 cm³/mol. The summed E-state index contributed by atoms with van der Waals surface area (Å²) in [7, 11) is 0. The van der Waals surface area contributed by atoms with E-state index >= 15 is 0 Å². The maximum absolute atomic E-state index is 12.4. The van der Waals surface area contributed by atoms with Gasteiger partial charge in [0, 0.05) is 6.42 Å². The van der Waals surface area contributed by atoms with Crippen molar-refractivity contribution in [2.45, 2.75) is 13.3 Å². The highest BCUT2D eigenvalue weighted by Crippen LogP contribution is 2.27. The molecule has 0 unspecified atom stereocenters. The number of oxazole rings is 1. The number of imidazole rings is 1. The Balaban J connectivity index is 2.02. The van der Waals surface area contributed by atoms with Crippen molar-refractivity contribution in [3.8, 4) is 11.7 Å². The Morgan fingerprint density at radius 2 is 1.77 bits per heavy atom. The van der Waals surface area contributed by atoms with Crippen LogP contribution in [0.3, 0.4) is 0 Å². The highest BCUT2D eigenvalue weighted by Gasteiger charge is 2.20. The van der Waals surface area contributed by atoms with Crippen molar-refractivity contribution in [3.05, 3.63) is 48.5 Å². The summed E-state index contributed by atoms with van der Waals surface area (Å²) < 4.78 is 7.36. The van der Waals surface area contributed by atoms with Gasteiger partial charge in [0.25, 0.3) is 5.89 Å². The molecule has 0 amide bonds. The minimum Gasteiger partial charge on any atom is -0.434 e. The van der Waals surface area contributed by atoms with Crippen LogP contribution in [0, 0.1) is 0 Å². The second kappa shape index (κ2) is 4.80. The van der Waals surface area contributed by atoms with Crippen LogP contribution in [0.15, 0.2) is 52.9 Å². The van der Waals surface area contributed by atoms with Crippen molar-refractivity contribution < 1.29 is 9.21 Å². The zero-order chi connectivity index (χ0) is 15.1. The molecule has 4 aromatic rings. The number of hydrogen-bond donors (Lipinski definition) is 0. The first-order chi connectivity index (χ1) is 10.8. The molecule has 0 aliphatic rings. The Morgan fingerprint density at radius 3 is 2.55 bits per heavy atom. The largest absolute Gasteiger partial charge is 0.434 e. The molecule has 5 nitrogen and oxygen atoms in total. The Bertz CT molecular complexity index is 964. The third-order valence-electron chi connectivity index (χ3n) is 3.60. The average Bonchev–Trinajstić information content (AvgIpc) is 3.15. The molecule has 0 atom stereocenters. The monoisotopic (exact) mass is 291 g/mol. The van der Waals surface area contributed by atoms with Crippen LogP contribution in [0.4, 0.5) is 0 Å². The summed E-state index contributed by atoms with van der Waals surface area (Å²) in [6.45, 7) is 1.83. The van der Waals surface area contributed by atoms with E-state index in [0.717, 1.165) is 16.6 Å². The summed E-state index contributed by atoms with van der Waals surface area (Å²) in [5.41, 5.74) is 2.95. The molecule has 22 heavy (non-hydrogen) atoms. The normalized spacial score (nSPS) is 11.3. The van der Waals surface area contributed by atoms with Gasteiger partial charge in [0.1, 0.15) is 5.52 Å². The number of carbonyl (C=O) groups excluding carboxylic acids is 1. The molecule has 0 radical (unpaired) electrons. The van der Waals surface area contributed by atoms with E-state index in [-0.39, 0.29) is 5.91 Å². The van der Waals surface area contributed by atoms with Crippen LogP contribution in [-0.2, 0) is 0 Å². The van der Waals surface area contributed by atoms with E-state index in [2.05, 4.69) is 9.97 Å². The average molecular weight is 291 g/mol. The summed E-state index contributed by atoms with van der Waals surface area (Å²) >= 11 is 0. The lowest BCUT2D eigenvalue weighted by Crippen LogP contribution is -2.10. The van der Waals surface area contributed by atoms with Crippen LogP contribution in [0.1, 0.15) is 18.1 Å². The van der Waals surface area contributed by atoms with E-state index in [1.165, 1.54) is 0 Å². The maximum Gasteiger partial charge on any atom is 0.264 e. The lowest BCUT2D eigenvalue weighted by molar-refractivity contribution is 0.0915. The van der Waals surface area contributed by atoms with E-state index in [4.69, 9.17) is 4.42 Å². The smallest absolute Gasteiger partial charge is 0.264 e. The van der Waals surface area contributed by atoms with Gasteiger partial charge in [-0.25, -0.2) is 9.97 Å². The predicted octanol–water partition coefficient (Wildman–Crippen LogP) is 3.89. The van der Waals surface area contributed by atoms with Gasteiger partial charge in [-0.15, -0.1) is 0 Å². The van der Waals surface area contributed by atoms with Gasteiger partial charge in [-0.2, -0.15) is 0 Å². The first-order valence-corrected chi connectivity index (χ1v) is 7.14. The molecule has 0 aliphatic carbocycles. The molecule has 4 rings (SSSR count). The van der Waals surface area contributed by atoms with Gasteiger partial charge in [0.15, 0.2) is 5.58 Å². The Morgan fingerprint density at radius 1 is 1.05 bits per heavy atom. The van der Waals surface area contributed by atoms with E-state index in [9.17, 15) is 4.79 Å². The molecule has 5 heteroatoms. The van der Waals surface area contributed by atoms with Crippen molar-refractivity contribution in [3.63, 3.8) is 0 Å². The van der Waals surface area contributed by atoms with Crippen molar-refractivity contribution in [2.75, 3.05) is 0 Å². The Hall–Kier alpha value is -2.95. The van der Waals surface area contributed by atoms with Gasteiger partial charge in [0.05, 0.1) is 11.0 Å². The number of fused-ring (bicyclic) bond motifs is 2. The van der Waals surface area contributed by atoms with E-state index in [1.54, 1.807) is 4.57 Å². The van der Waals surface area contributed by atoms with Crippen LogP contribution in [0.5, 0.6) is 0 Å². The van der Waals surface area contributed by atoms with Crippen molar-refractivity contribution >= 4 is 28.0 Å². The SMILES string of the molecule is CCC(=O)n1c(-c2nc3ccccc3o2)nc2ccccc21. The number of benzene rings is 2. The summed E-state index contributed by atoms with van der Waals surface area (Å²) in [6, 6.07) is 15.0. The molecule has 0 saturated carbocycles. The number of aromatic nitrogens is 3. The summed E-state index contributed by atoms with van der Waals surface area (Å²) in [5, 5.41) is 0. The third kappa shape index (κ3) is 1.83. The Kier molecular flexibility index (Phi) is 2.79. The van der Waals surface area contributed by atoms with Crippen molar-refractivity contribution in [1.29, 1.82) is 0 Å². The van der Waals surface area contributed by atoms with Gasteiger partial charge in [-0.1, -0.05) is 31.2 Å². The van der Waals surface area contributed by atoms with Crippen molar-refractivity contribution in [1.82, 2.24) is 14.5 Å². The molecule has 2 aromatic carbocycles. The second-order valence-corrected chi connectivity index (χ2v) is 4.99. The van der Waals surface area contributed by atoms with Crippen LogP contribution in [0.2, 0.25) is 0 Å². The van der Waals surface area contributed by atoms with Gasteiger partial charge < -0.3 is 4.42 Å². The first-order valence-electron chi connectivity index (χ1n) is 7.14. The van der Waals surface area contributed by atoms with E-state index < -0.39 is 0 Å². The molecule has 0 aliphatic heterocycles. The third-order valence-corrected chi connectivity index (χ3v) is 3.60. The van der Waals surface area contributed by atoms with E-state index in [0.29, 0.717) is 23.7 Å². The van der Waals surface area contributed by atoms with Crippen LogP contribution in [0.25, 0.3) is 33.8 Å². The lowest BCUT2D eigenvalue weighted by Gasteiger charge is -2.03. The van der Waals surface area contributed by atoms with Gasteiger partial charge in [-0.3, -0.25) is 9.36 Å². The minimum absolute atomic E-state index is 0.0362. The first kappa shape index (κ1) is 12.8. The fraction of sp³-hybridized carbons (Fsp3) is 0.118. The molecule has 0 fully saturated rings. The highest BCUT2D eigenvalue weighted by atomic mass is 16.3. The summed E-state index contributed by atoms with van der Waals surface area (Å²) in [6.07, 6.45) is 0.383. The van der Waals surface area contributed by atoms with Crippen LogP contribution >= 0.6 is 0 Å². The van der Waals surface area contributed by atoms with Gasteiger partial charge in [-0.05, 0) is 24.3 Å². The number of nitrogens with zero attached hydrogens (tertiary/aromatic N) is 3. The maximum atomic E-state index is 12.4. The zero-order valence-electron chi connectivity index (χ0n) is 12.0. The number of para-hydroxylation sites is 4. The Labute approximate surface area is 126 Å². The lowest BCUT2D eigenvalue weighted by atomic mass is 10.3. The molecule has 0 N–H and O–H groups in total. The fourth-order valence-corrected chi connectivity index (χ4v) is 2.55. The number of carbonyl (C=O) groups is 1. The standard InChI is InChI=1S/C17H13N3O2/c1-2-15(21)20-13-9-5-3-7-11(13)18-16(20)17-19-12-8-4-6-10-14(12)22-17/h3-10H,2H2,1H3. The van der Waals surface area contributed by atoms with Gasteiger partial charge in [0.2, 0.25) is 11.7 Å². The molecule has 0 bridgehead atoms. The quantitative estimate of drug-likeness (QED) is 0.562. The topological polar surface area (TPSA) is 60.9 Å². The molecular formula is C17H13N3O2. The van der Waals surface area contributed by atoms with E-state index in [1.807, 2.05) is 55.5 Å². The van der Waals surface area contributed by atoms with Gasteiger partial charge >= 0.3 is 0 Å². The number of rotatable bonds is 2. The molecule has 2 aromatic heterocycles. The molecular weight excluding hydrogens is 278 g/mol. The van der Waals surface area contributed by atoms with Crippen LogP contribution < -0.4 is 0 Å². The minimum atomic E-state index is -0.0362. The van der Waals surface area contributed by atoms with Crippen LogP contribution in [-0.4, -0.2) is 20.4 Å². The summed E-state index contributed by atoms with van der Waals surface area (Å²) in [5.74, 6) is 0.773. The second-order valence-electron chi connectivity index (χ2n) is 4.99. The molecule has 0 spiro atoms. The number of hydrogen-bond acceptors (Lipinski definition) is 4. The van der Waals surface area contributed by atoms with Crippen molar-refractivity contribution in [2.24, 2.45) is 0 Å². The summed E-state index contributed by atoms with van der Waals surface area (Å²) in [4.78, 5) is 21.3. The molecule has 108 valence electrons. The highest BCUT2D eigenvalue weighted by molar-refractivity contribution is 5.94. The molecule has 2 heterocycles. The molecule has 0 saturated heterocycles. The fourth-order valence-electron chi connectivity index (χ4n) is 2.55. The zero-order valence-corrected chi connectivity index (χ0v) is 12.0.